The second kappa shape index (κ2) is 5.89. The van der Waals surface area contributed by atoms with Gasteiger partial charge in [-0.3, -0.25) is 0 Å². The van der Waals surface area contributed by atoms with E-state index >= 15 is 0 Å². The monoisotopic (exact) mass is 218 g/mol. The van der Waals surface area contributed by atoms with Crippen molar-refractivity contribution in [3.63, 3.8) is 0 Å². The molecule has 3 atom stereocenters. The van der Waals surface area contributed by atoms with Crippen LogP contribution in [0.25, 0.3) is 0 Å². The number of methoxy groups -OCH3 is 1. The maximum Gasteiger partial charge on any atom is 0.404 e. The van der Waals surface area contributed by atoms with E-state index in [9.17, 15) is 4.79 Å². The number of hydrogen-bond donors (Lipinski definition) is 3. The smallest absolute Gasteiger partial charge is 0.404 e. The molecule has 1 rings (SSSR count). The van der Waals surface area contributed by atoms with E-state index in [1.54, 1.807) is 7.11 Å². The maximum atomic E-state index is 10.6. The molecule has 0 saturated heterocycles. The molecule has 1 fully saturated rings. The summed E-state index contributed by atoms with van der Waals surface area (Å²) < 4.78 is 10.2. The van der Waals surface area contributed by atoms with Crippen LogP contribution in [0.1, 0.15) is 12.8 Å². The zero-order chi connectivity index (χ0) is 11.3. The molecule has 1 saturated carbocycles. The highest BCUT2D eigenvalue weighted by atomic mass is 16.7. The van der Waals surface area contributed by atoms with Crippen LogP contribution < -0.4 is 10.6 Å². The Kier molecular flexibility index (Phi) is 4.80. The van der Waals surface area contributed by atoms with Gasteiger partial charge in [0.1, 0.15) is 6.79 Å². The van der Waals surface area contributed by atoms with Gasteiger partial charge in [-0.25, -0.2) is 4.79 Å². The maximum absolute atomic E-state index is 10.6. The Morgan fingerprint density at radius 3 is 2.80 bits per heavy atom. The van der Waals surface area contributed by atoms with Gasteiger partial charge in [0.2, 0.25) is 0 Å². The number of amides is 1. The summed E-state index contributed by atoms with van der Waals surface area (Å²) in [6.07, 6.45) is 0.420. The summed E-state index contributed by atoms with van der Waals surface area (Å²) in [5.74, 6) is 0. The van der Waals surface area contributed by atoms with Gasteiger partial charge in [-0.1, -0.05) is 0 Å². The van der Waals surface area contributed by atoms with Crippen LogP contribution in [0.4, 0.5) is 4.79 Å². The fraction of sp³-hybridized carbons (Fsp3) is 0.889. The van der Waals surface area contributed by atoms with Crippen LogP contribution in [0, 0.1) is 0 Å². The highest BCUT2D eigenvalue weighted by molar-refractivity contribution is 5.65. The highest BCUT2D eigenvalue weighted by Gasteiger charge is 2.35. The van der Waals surface area contributed by atoms with Crippen molar-refractivity contribution in [2.24, 2.45) is 0 Å². The third-order valence-corrected chi connectivity index (χ3v) is 2.62. The van der Waals surface area contributed by atoms with Crippen molar-refractivity contribution >= 4 is 6.09 Å². The van der Waals surface area contributed by atoms with Crippen molar-refractivity contribution in [1.82, 2.24) is 10.6 Å². The summed E-state index contributed by atoms with van der Waals surface area (Å²) in [5, 5.41) is 14.2. The van der Waals surface area contributed by atoms with Gasteiger partial charge in [0, 0.05) is 13.2 Å². The van der Waals surface area contributed by atoms with Crippen LogP contribution >= 0.6 is 0 Å². The number of nitrogens with one attached hydrogen (secondary N) is 2. The quantitative estimate of drug-likeness (QED) is 0.566. The first-order chi connectivity index (χ1) is 7.17. The molecule has 88 valence electrons. The highest BCUT2D eigenvalue weighted by Crippen LogP contribution is 2.22. The molecule has 0 unspecified atom stereocenters. The van der Waals surface area contributed by atoms with E-state index in [2.05, 4.69) is 10.6 Å². The zero-order valence-corrected chi connectivity index (χ0v) is 9.03. The van der Waals surface area contributed by atoms with E-state index in [4.69, 9.17) is 14.6 Å². The van der Waals surface area contributed by atoms with Crippen LogP contribution in [0.3, 0.4) is 0 Å². The molecule has 6 heteroatoms. The Morgan fingerprint density at radius 1 is 1.53 bits per heavy atom. The molecule has 0 aromatic heterocycles. The van der Waals surface area contributed by atoms with Crippen LogP contribution in [-0.4, -0.2) is 50.3 Å². The standard InChI is InChI=1S/C9H18N2O4/c1-10-6-3-7(11-9(12)13)8(4-6)15-5-14-2/h6-8,10-11H,3-5H2,1-2H3,(H,12,13)/t6-,7+,8-/m0/s1. The normalized spacial score (nSPS) is 30.4. The fourth-order valence-corrected chi connectivity index (χ4v) is 1.89. The third-order valence-electron chi connectivity index (χ3n) is 2.62. The van der Waals surface area contributed by atoms with Crippen molar-refractivity contribution in [2.45, 2.75) is 31.0 Å². The Morgan fingerprint density at radius 2 is 2.27 bits per heavy atom. The van der Waals surface area contributed by atoms with E-state index in [0.717, 1.165) is 12.8 Å². The van der Waals surface area contributed by atoms with Crippen molar-refractivity contribution in [3.05, 3.63) is 0 Å². The Hall–Kier alpha value is -0.850. The van der Waals surface area contributed by atoms with E-state index in [-0.39, 0.29) is 18.9 Å². The van der Waals surface area contributed by atoms with Gasteiger partial charge >= 0.3 is 6.09 Å². The lowest BCUT2D eigenvalue weighted by Crippen LogP contribution is -2.40. The molecule has 1 amide bonds. The lowest BCUT2D eigenvalue weighted by atomic mass is 10.2. The fourth-order valence-electron chi connectivity index (χ4n) is 1.89. The van der Waals surface area contributed by atoms with Crippen molar-refractivity contribution in [2.75, 3.05) is 21.0 Å². The number of ether oxygens (including phenoxy) is 2. The molecular weight excluding hydrogens is 200 g/mol. The molecule has 3 N–H and O–H groups in total. The van der Waals surface area contributed by atoms with Crippen LogP contribution in [0.5, 0.6) is 0 Å². The average molecular weight is 218 g/mol. The molecule has 15 heavy (non-hydrogen) atoms. The molecular formula is C9H18N2O4. The molecule has 0 aliphatic heterocycles. The number of hydrogen-bond acceptors (Lipinski definition) is 4. The molecule has 0 spiro atoms. The molecule has 0 aromatic rings. The second-order valence-electron chi connectivity index (χ2n) is 3.62. The minimum absolute atomic E-state index is 0.113. The van der Waals surface area contributed by atoms with Gasteiger partial charge in [-0.15, -0.1) is 0 Å². The molecule has 0 heterocycles. The van der Waals surface area contributed by atoms with E-state index in [1.165, 1.54) is 0 Å². The summed E-state index contributed by atoms with van der Waals surface area (Å²) in [7, 11) is 3.41. The Bertz CT molecular complexity index is 212. The summed E-state index contributed by atoms with van der Waals surface area (Å²) >= 11 is 0. The number of carboxylic acid groups (broad SMARTS) is 1. The Labute approximate surface area is 88.9 Å². The van der Waals surface area contributed by atoms with Crippen LogP contribution in [0.2, 0.25) is 0 Å². The topological polar surface area (TPSA) is 79.8 Å². The van der Waals surface area contributed by atoms with Crippen molar-refractivity contribution in [1.29, 1.82) is 0 Å². The van der Waals surface area contributed by atoms with E-state index in [1.807, 2.05) is 7.05 Å². The molecule has 1 aliphatic carbocycles. The minimum atomic E-state index is -1.01. The van der Waals surface area contributed by atoms with Crippen molar-refractivity contribution < 1.29 is 19.4 Å². The second-order valence-corrected chi connectivity index (χ2v) is 3.62. The van der Waals surface area contributed by atoms with Gasteiger partial charge in [0.05, 0.1) is 12.1 Å². The Balaban J connectivity index is 2.45. The van der Waals surface area contributed by atoms with E-state index < -0.39 is 6.09 Å². The van der Waals surface area contributed by atoms with Gasteiger partial charge in [-0.05, 0) is 19.9 Å². The average Bonchev–Trinajstić information content (AvgIpc) is 2.56. The first kappa shape index (κ1) is 12.2. The lowest BCUT2D eigenvalue weighted by molar-refractivity contribution is -0.0764. The van der Waals surface area contributed by atoms with E-state index in [0.29, 0.717) is 6.04 Å². The molecule has 0 bridgehead atoms. The van der Waals surface area contributed by atoms with Gasteiger partial charge in [-0.2, -0.15) is 0 Å². The molecule has 1 aliphatic rings. The molecule has 0 aromatic carbocycles. The van der Waals surface area contributed by atoms with Gasteiger partial charge in [0.25, 0.3) is 0 Å². The van der Waals surface area contributed by atoms with Gasteiger partial charge in [0.15, 0.2) is 0 Å². The number of carbonyl (C=O) groups is 1. The first-order valence-corrected chi connectivity index (χ1v) is 4.94. The van der Waals surface area contributed by atoms with Gasteiger partial charge < -0.3 is 25.2 Å². The third kappa shape index (κ3) is 3.65. The summed E-state index contributed by atoms with van der Waals surface area (Å²) in [6.45, 7) is 0.193. The van der Waals surface area contributed by atoms with Crippen molar-refractivity contribution in [3.8, 4) is 0 Å². The molecule has 6 nitrogen and oxygen atoms in total. The first-order valence-electron chi connectivity index (χ1n) is 4.94. The lowest BCUT2D eigenvalue weighted by Gasteiger charge is -2.18. The largest absolute Gasteiger partial charge is 0.465 e. The minimum Gasteiger partial charge on any atom is -0.465 e. The SMILES string of the molecule is CN[C@@H]1C[C@H](OCOC)[C@H](NC(=O)O)C1. The summed E-state index contributed by atoms with van der Waals surface area (Å²) in [4.78, 5) is 10.6. The van der Waals surface area contributed by atoms with Crippen LogP contribution in [-0.2, 0) is 9.47 Å². The molecule has 0 radical (unpaired) electrons. The summed E-state index contributed by atoms with van der Waals surface area (Å²) in [5.41, 5.74) is 0. The van der Waals surface area contributed by atoms with Crippen LogP contribution in [0.15, 0.2) is 0 Å². The zero-order valence-electron chi connectivity index (χ0n) is 9.03. The summed E-state index contributed by atoms with van der Waals surface area (Å²) in [6, 6.07) is 0.138. The predicted octanol–water partition coefficient (Wildman–Crippen LogP) is -0.00650. The number of rotatable bonds is 5. The predicted molar refractivity (Wildman–Crippen MR) is 53.8 cm³/mol.